The molecule has 0 spiro atoms. The maximum absolute atomic E-state index is 9.86. The summed E-state index contributed by atoms with van der Waals surface area (Å²) in [6, 6.07) is -1.21. The Bertz CT molecular complexity index is 283. The van der Waals surface area contributed by atoms with Gasteiger partial charge in [-0.15, -0.1) is 0 Å². The largest absolute Gasteiger partial charge is 1.00 e. The van der Waals surface area contributed by atoms with Crippen LogP contribution >= 0.6 is 0 Å². The molecule has 0 fully saturated rings. The Morgan fingerprint density at radius 3 is 1.27 bits per heavy atom. The van der Waals surface area contributed by atoms with Crippen LogP contribution in [0.2, 0.25) is 0 Å². The van der Waals surface area contributed by atoms with E-state index in [1.165, 1.54) is 0 Å². The second kappa shape index (κ2) is 30.7. The second-order valence-corrected chi connectivity index (χ2v) is 2.87. The molecule has 0 aliphatic rings. The quantitative estimate of drug-likeness (QED) is 0.411. The van der Waals surface area contributed by atoms with Crippen molar-refractivity contribution in [1.82, 2.24) is 0 Å². The van der Waals surface area contributed by atoms with Crippen molar-refractivity contribution in [3.8, 4) is 0 Å². The number of carbonyl (C=O) groups excluding carboxylic acids is 2. The minimum Gasteiger partial charge on any atom is -0.550 e. The zero-order chi connectivity index (χ0) is 15.3. The number of aliphatic carboxylic acids is 4. The molecule has 0 amide bonds. The molecule has 9 nitrogen and oxygen atoms in total. The van der Waals surface area contributed by atoms with Gasteiger partial charge in [0.1, 0.15) is 0 Å². The van der Waals surface area contributed by atoms with Gasteiger partial charge in [0.15, 0.2) is 0 Å². The number of hydrogen-bond donors (Lipinski definition) is 3. The Kier molecular flexibility index (Phi) is 61.2. The van der Waals surface area contributed by atoms with Gasteiger partial charge in [0.05, 0.1) is 5.97 Å². The van der Waals surface area contributed by atoms with Crippen LogP contribution < -0.4 is 134 Å². The van der Waals surface area contributed by atoms with Gasteiger partial charge in [-0.3, -0.25) is 9.59 Å². The minimum atomic E-state index is -1.44. The molecule has 0 saturated heterocycles. The van der Waals surface area contributed by atoms with Gasteiger partial charge in [-0.2, -0.15) is 0 Å². The van der Waals surface area contributed by atoms with E-state index in [9.17, 15) is 19.8 Å². The molecule has 1 atom stereocenters. The molecule has 0 radical (unpaired) electrons. The minimum absolute atomic E-state index is 0. The first-order chi connectivity index (χ1) is 8.00. The first-order valence-electron chi connectivity index (χ1n) is 4.56. The number of carbonyl (C=O) groups is 4. The molecular formula is C9H15NNa4O8+2. The van der Waals surface area contributed by atoms with Crippen LogP contribution in [0, 0.1) is 0 Å². The van der Waals surface area contributed by atoms with Gasteiger partial charge in [0.25, 0.3) is 11.9 Å². The summed E-state index contributed by atoms with van der Waals surface area (Å²) >= 11 is 0. The SMILES string of the molecule is CC(=O)O.CC(=O)O.NC(CCC(=O)[O-])C(=O)[O-].[Na+].[Na+].[Na+].[Na+]. The number of carboxylic acid groups (broad SMARTS) is 4. The van der Waals surface area contributed by atoms with Gasteiger partial charge in [-0.05, 0) is 12.8 Å². The van der Waals surface area contributed by atoms with E-state index in [4.69, 9.17) is 25.5 Å². The average molecular weight is 357 g/mol. The van der Waals surface area contributed by atoms with E-state index >= 15 is 0 Å². The van der Waals surface area contributed by atoms with Crippen LogP contribution in [-0.2, 0) is 19.2 Å². The van der Waals surface area contributed by atoms with Crippen molar-refractivity contribution >= 4 is 23.9 Å². The predicted octanol–water partition coefficient (Wildman–Crippen LogP) is -15.2. The summed E-state index contributed by atoms with van der Waals surface area (Å²) in [6.45, 7) is 2.17. The number of nitrogens with two attached hydrogens (primary N) is 1. The third kappa shape index (κ3) is 80.7. The van der Waals surface area contributed by atoms with E-state index in [0.29, 0.717) is 0 Å². The zero-order valence-electron chi connectivity index (χ0n) is 13.9. The van der Waals surface area contributed by atoms with Gasteiger partial charge < -0.3 is 35.7 Å². The molecule has 0 bridgehead atoms. The van der Waals surface area contributed by atoms with Gasteiger partial charge >= 0.3 is 118 Å². The summed E-state index contributed by atoms with van der Waals surface area (Å²) in [5.41, 5.74) is 4.91. The molecule has 13 heteroatoms. The van der Waals surface area contributed by atoms with Crippen molar-refractivity contribution in [1.29, 1.82) is 0 Å². The van der Waals surface area contributed by atoms with E-state index in [0.717, 1.165) is 13.8 Å². The normalized spacial score (nSPS) is 7.95. The van der Waals surface area contributed by atoms with E-state index in [2.05, 4.69) is 0 Å². The number of carboxylic acids is 4. The monoisotopic (exact) mass is 357 g/mol. The molecule has 106 valence electrons. The fourth-order valence-corrected chi connectivity index (χ4v) is 0.391. The van der Waals surface area contributed by atoms with Gasteiger partial charge in [0.2, 0.25) is 0 Å². The summed E-state index contributed by atoms with van der Waals surface area (Å²) in [5.74, 6) is -4.42. The topological polar surface area (TPSA) is 181 Å². The molecule has 0 aromatic rings. The molecule has 0 heterocycles. The Labute approximate surface area is 216 Å². The molecule has 0 aliphatic heterocycles. The van der Waals surface area contributed by atoms with Crippen LogP contribution in [0.4, 0.5) is 0 Å². The van der Waals surface area contributed by atoms with Crippen LogP contribution in [-0.4, -0.2) is 40.1 Å². The van der Waals surface area contributed by atoms with Crippen molar-refractivity contribution in [2.24, 2.45) is 5.73 Å². The zero-order valence-corrected chi connectivity index (χ0v) is 21.9. The Morgan fingerprint density at radius 2 is 1.14 bits per heavy atom. The first kappa shape index (κ1) is 43.9. The fraction of sp³-hybridized carbons (Fsp3) is 0.556. The number of hydrogen-bond acceptors (Lipinski definition) is 7. The van der Waals surface area contributed by atoms with Crippen molar-refractivity contribution in [3.05, 3.63) is 0 Å². The van der Waals surface area contributed by atoms with E-state index in [1.54, 1.807) is 0 Å². The summed E-state index contributed by atoms with van der Waals surface area (Å²) in [5, 5.41) is 34.4. The number of rotatable bonds is 4. The van der Waals surface area contributed by atoms with Crippen molar-refractivity contribution in [3.63, 3.8) is 0 Å². The summed E-state index contributed by atoms with van der Waals surface area (Å²) in [6.07, 6.45) is -0.500. The maximum atomic E-state index is 9.86. The average Bonchev–Trinajstić information content (AvgIpc) is 2.11. The van der Waals surface area contributed by atoms with Crippen LogP contribution in [0.1, 0.15) is 26.7 Å². The van der Waals surface area contributed by atoms with Crippen LogP contribution in [0.25, 0.3) is 0 Å². The Morgan fingerprint density at radius 1 is 0.909 bits per heavy atom. The van der Waals surface area contributed by atoms with Crippen molar-refractivity contribution in [2.75, 3.05) is 0 Å². The Hall–Kier alpha value is 1.84. The van der Waals surface area contributed by atoms with Crippen LogP contribution in [0.15, 0.2) is 0 Å². The second-order valence-electron chi connectivity index (χ2n) is 2.87. The third-order valence-corrected chi connectivity index (χ3v) is 0.962. The maximum Gasteiger partial charge on any atom is 1.00 e. The van der Waals surface area contributed by atoms with E-state index in [-0.39, 0.29) is 131 Å². The summed E-state index contributed by atoms with van der Waals surface area (Å²) in [4.78, 5) is 37.6. The molecule has 0 aliphatic carbocycles. The molecule has 1 unspecified atom stereocenters. The first-order valence-corrected chi connectivity index (χ1v) is 4.56. The van der Waals surface area contributed by atoms with E-state index in [1.807, 2.05) is 0 Å². The molecular weight excluding hydrogens is 342 g/mol. The summed E-state index contributed by atoms with van der Waals surface area (Å²) < 4.78 is 0. The van der Waals surface area contributed by atoms with Crippen molar-refractivity contribution < 1.29 is 158 Å². The molecule has 0 aromatic heterocycles. The Balaban J connectivity index is -0.0000000325. The van der Waals surface area contributed by atoms with Crippen LogP contribution in [0.5, 0.6) is 0 Å². The van der Waals surface area contributed by atoms with Gasteiger partial charge in [-0.25, -0.2) is 0 Å². The van der Waals surface area contributed by atoms with Crippen molar-refractivity contribution in [2.45, 2.75) is 32.7 Å². The molecule has 22 heavy (non-hydrogen) atoms. The van der Waals surface area contributed by atoms with Gasteiger partial charge in [-0.1, -0.05) is 0 Å². The molecule has 0 rings (SSSR count). The van der Waals surface area contributed by atoms with Crippen LogP contribution in [0.3, 0.4) is 0 Å². The third-order valence-electron chi connectivity index (χ3n) is 0.962. The smallest absolute Gasteiger partial charge is 0.550 e. The molecule has 4 N–H and O–H groups in total. The standard InChI is InChI=1S/C5H9NO4.2C2H4O2.4Na/c6-3(5(9)10)1-2-4(7)8;2*1-2(3)4;;;;/h3H,1-2,6H2,(H,7,8)(H,9,10);2*1H3,(H,3,4);;;;/q;;;4*+1/p-2. The summed E-state index contributed by atoms with van der Waals surface area (Å²) in [7, 11) is 0. The van der Waals surface area contributed by atoms with E-state index < -0.39 is 29.9 Å². The molecule has 0 saturated carbocycles. The van der Waals surface area contributed by atoms with Gasteiger partial charge in [0, 0.05) is 25.9 Å². The fourth-order valence-electron chi connectivity index (χ4n) is 0.391. The molecule has 0 aromatic carbocycles. The predicted molar refractivity (Wildman–Crippen MR) is 53.8 cm³/mol.